The molecule has 0 radical (unpaired) electrons. The van der Waals surface area contributed by atoms with Crippen molar-refractivity contribution in [2.24, 2.45) is 0 Å². The number of thiocarbonyl (C=S) groups is 1. The lowest BCUT2D eigenvalue weighted by Crippen LogP contribution is -2.32. The quantitative estimate of drug-likeness (QED) is 0.763. The van der Waals surface area contributed by atoms with Crippen molar-refractivity contribution in [2.75, 3.05) is 19.5 Å². The van der Waals surface area contributed by atoms with Gasteiger partial charge in [-0.25, -0.2) is 4.39 Å². The van der Waals surface area contributed by atoms with Gasteiger partial charge >= 0.3 is 0 Å². The molecule has 2 rings (SSSR count). The maximum absolute atomic E-state index is 13.2. The lowest BCUT2D eigenvalue weighted by Gasteiger charge is -2.21. The van der Waals surface area contributed by atoms with Gasteiger partial charge in [0.2, 0.25) is 0 Å². The first kappa shape index (κ1) is 18.0. The average Bonchev–Trinajstić information content (AvgIpc) is 2.59. The Hall–Kier alpha value is -2.34. The molecule has 0 aliphatic heterocycles. The van der Waals surface area contributed by atoms with E-state index in [9.17, 15) is 4.39 Å². The standard InChI is InChI=1S/C18H21FN2O2S/c1-4-15(12-8-9-16(22-2)17(10-12)23-3)21-18(24)20-14-7-5-6-13(19)11-14/h5-11,15H,4H2,1-3H3,(H2,20,21,24). The summed E-state index contributed by atoms with van der Waals surface area (Å²) < 4.78 is 23.8. The molecule has 0 heterocycles. The van der Waals surface area contributed by atoms with Gasteiger partial charge in [0.15, 0.2) is 16.6 Å². The minimum atomic E-state index is -0.310. The minimum absolute atomic E-state index is 0.00151. The molecule has 24 heavy (non-hydrogen) atoms. The molecule has 1 unspecified atom stereocenters. The number of methoxy groups -OCH3 is 2. The number of hydrogen-bond donors (Lipinski definition) is 2. The molecule has 0 aliphatic rings. The Labute approximate surface area is 147 Å². The number of ether oxygens (including phenoxy) is 2. The summed E-state index contributed by atoms with van der Waals surface area (Å²) in [5.41, 5.74) is 1.63. The van der Waals surface area contributed by atoms with Crippen LogP contribution in [0.2, 0.25) is 0 Å². The topological polar surface area (TPSA) is 42.5 Å². The van der Waals surface area contributed by atoms with Gasteiger partial charge in [0.25, 0.3) is 0 Å². The molecule has 1 atom stereocenters. The van der Waals surface area contributed by atoms with Crippen LogP contribution >= 0.6 is 12.2 Å². The molecule has 0 bridgehead atoms. The van der Waals surface area contributed by atoms with Gasteiger partial charge in [0.05, 0.1) is 20.3 Å². The maximum atomic E-state index is 13.2. The Morgan fingerprint density at radius 2 is 1.88 bits per heavy atom. The molecule has 2 aromatic rings. The van der Waals surface area contributed by atoms with E-state index in [-0.39, 0.29) is 11.9 Å². The highest BCUT2D eigenvalue weighted by molar-refractivity contribution is 7.80. The number of benzene rings is 2. The first-order chi connectivity index (χ1) is 11.6. The van der Waals surface area contributed by atoms with E-state index in [1.165, 1.54) is 12.1 Å². The molecule has 128 valence electrons. The number of rotatable bonds is 6. The molecule has 0 spiro atoms. The van der Waals surface area contributed by atoms with Crippen LogP contribution in [-0.2, 0) is 0 Å². The second-order valence-corrected chi connectivity index (χ2v) is 5.59. The van der Waals surface area contributed by atoms with Gasteiger partial charge in [-0.3, -0.25) is 0 Å². The first-order valence-electron chi connectivity index (χ1n) is 7.62. The Morgan fingerprint density at radius 1 is 1.12 bits per heavy atom. The third-order valence-electron chi connectivity index (χ3n) is 3.61. The zero-order chi connectivity index (χ0) is 17.5. The molecule has 0 saturated heterocycles. The fourth-order valence-corrected chi connectivity index (χ4v) is 2.64. The van der Waals surface area contributed by atoms with Crippen molar-refractivity contribution in [1.82, 2.24) is 5.32 Å². The summed E-state index contributed by atoms with van der Waals surface area (Å²) in [7, 11) is 3.21. The van der Waals surface area contributed by atoms with Crippen molar-refractivity contribution < 1.29 is 13.9 Å². The van der Waals surface area contributed by atoms with Crippen molar-refractivity contribution in [2.45, 2.75) is 19.4 Å². The lowest BCUT2D eigenvalue weighted by atomic mass is 10.0. The second kappa shape index (κ2) is 8.49. The van der Waals surface area contributed by atoms with Gasteiger partial charge in [-0.1, -0.05) is 19.1 Å². The third kappa shape index (κ3) is 4.58. The number of nitrogens with one attached hydrogen (secondary N) is 2. The summed E-state index contributed by atoms with van der Waals surface area (Å²) >= 11 is 5.33. The predicted octanol–water partition coefficient (Wildman–Crippen LogP) is 4.28. The lowest BCUT2D eigenvalue weighted by molar-refractivity contribution is 0.354. The molecule has 4 nitrogen and oxygen atoms in total. The summed E-state index contributed by atoms with van der Waals surface area (Å²) in [5.74, 6) is 1.03. The molecule has 0 saturated carbocycles. The predicted molar refractivity (Wildman–Crippen MR) is 98.3 cm³/mol. The molecule has 0 fully saturated rings. The van der Waals surface area contributed by atoms with E-state index in [0.29, 0.717) is 22.3 Å². The zero-order valence-electron chi connectivity index (χ0n) is 13.9. The van der Waals surface area contributed by atoms with E-state index in [0.717, 1.165) is 12.0 Å². The summed E-state index contributed by atoms with van der Waals surface area (Å²) in [6.45, 7) is 2.05. The fourth-order valence-electron chi connectivity index (χ4n) is 2.38. The monoisotopic (exact) mass is 348 g/mol. The average molecular weight is 348 g/mol. The Balaban J connectivity index is 2.09. The van der Waals surface area contributed by atoms with E-state index in [1.807, 2.05) is 18.2 Å². The van der Waals surface area contributed by atoms with Crippen LogP contribution in [0.4, 0.5) is 10.1 Å². The van der Waals surface area contributed by atoms with Gasteiger partial charge in [0.1, 0.15) is 5.82 Å². The van der Waals surface area contributed by atoms with Crippen LogP contribution in [-0.4, -0.2) is 19.3 Å². The highest BCUT2D eigenvalue weighted by Gasteiger charge is 2.14. The van der Waals surface area contributed by atoms with Crippen LogP contribution < -0.4 is 20.1 Å². The molecular formula is C18H21FN2O2S. The Bertz CT molecular complexity index is 709. The molecular weight excluding hydrogens is 327 g/mol. The summed E-state index contributed by atoms with van der Waals surface area (Å²) in [4.78, 5) is 0. The van der Waals surface area contributed by atoms with Crippen LogP contribution in [0.3, 0.4) is 0 Å². The van der Waals surface area contributed by atoms with Gasteiger partial charge in [0, 0.05) is 5.69 Å². The van der Waals surface area contributed by atoms with Crippen LogP contribution in [0.25, 0.3) is 0 Å². The van der Waals surface area contributed by atoms with Crippen molar-refractivity contribution >= 4 is 23.0 Å². The number of hydrogen-bond acceptors (Lipinski definition) is 3. The Kier molecular flexibility index (Phi) is 6.37. The summed E-state index contributed by atoms with van der Waals surface area (Å²) in [6, 6.07) is 11.9. The van der Waals surface area contributed by atoms with E-state index in [2.05, 4.69) is 17.6 Å². The molecule has 0 aliphatic carbocycles. The number of halogens is 1. The zero-order valence-corrected chi connectivity index (χ0v) is 14.7. The molecule has 0 amide bonds. The second-order valence-electron chi connectivity index (χ2n) is 5.18. The van der Waals surface area contributed by atoms with Crippen molar-refractivity contribution in [1.29, 1.82) is 0 Å². The van der Waals surface area contributed by atoms with Crippen LogP contribution in [0.1, 0.15) is 24.9 Å². The normalized spacial score (nSPS) is 11.5. The molecule has 2 aromatic carbocycles. The maximum Gasteiger partial charge on any atom is 0.171 e. The van der Waals surface area contributed by atoms with Crippen molar-refractivity contribution in [3.63, 3.8) is 0 Å². The van der Waals surface area contributed by atoms with E-state index in [4.69, 9.17) is 21.7 Å². The molecule has 6 heteroatoms. The van der Waals surface area contributed by atoms with Crippen LogP contribution in [0.15, 0.2) is 42.5 Å². The van der Waals surface area contributed by atoms with Gasteiger partial charge in [-0.15, -0.1) is 0 Å². The summed E-state index contributed by atoms with van der Waals surface area (Å²) in [5, 5.41) is 6.67. The summed E-state index contributed by atoms with van der Waals surface area (Å²) in [6.07, 6.45) is 0.820. The third-order valence-corrected chi connectivity index (χ3v) is 3.83. The highest BCUT2D eigenvalue weighted by atomic mass is 32.1. The largest absolute Gasteiger partial charge is 0.493 e. The Morgan fingerprint density at radius 3 is 2.50 bits per heavy atom. The van der Waals surface area contributed by atoms with Gasteiger partial charge < -0.3 is 20.1 Å². The molecule has 2 N–H and O–H groups in total. The first-order valence-corrected chi connectivity index (χ1v) is 8.03. The van der Waals surface area contributed by atoms with Gasteiger partial charge in [-0.2, -0.15) is 0 Å². The minimum Gasteiger partial charge on any atom is -0.493 e. The van der Waals surface area contributed by atoms with E-state index in [1.54, 1.807) is 26.4 Å². The van der Waals surface area contributed by atoms with Gasteiger partial charge in [-0.05, 0) is 54.5 Å². The number of anilines is 1. The van der Waals surface area contributed by atoms with E-state index < -0.39 is 0 Å². The van der Waals surface area contributed by atoms with E-state index >= 15 is 0 Å². The van der Waals surface area contributed by atoms with Crippen molar-refractivity contribution in [3.05, 3.63) is 53.8 Å². The van der Waals surface area contributed by atoms with Crippen molar-refractivity contribution in [3.8, 4) is 11.5 Å². The fraction of sp³-hybridized carbons (Fsp3) is 0.278. The smallest absolute Gasteiger partial charge is 0.171 e. The SMILES string of the molecule is CCC(NC(=S)Nc1cccc(F)c1)c1ccc(OC)c(OC)c1. The van der Waals surface area contributed by atoms with Crippen LogP contribution in [0.5, 0.6) is 11.5 Å². The molecule has 0 aromatic heterocycles. The van der Waals surface area contributed by atoms with Crippen LogP contribution in [0, 0.1) is 5.82 Å². The highest BCUT2D eigenvalue weighted by Crippen LogP contribution is 2.30.